The van der Waals surface area contributed by atoms with Gasteiger partial charge in [0.25, 0.3) is 0 Å². The first-order valence-corrected chi connectivity index (χ1v) is 12.4. The molecule has 1 aliphatic heterocycles. The quantitative estimate of drug-likeness (QED) is 0.376. The molecule has 0 bridgehead atoms. The highest BCUT2D eigenvalue weighted by atomic mass is 19.4. The molecule has 3 aromatic rings. The number of nitrogens with one attached hydrogen (secondary N) is 2. The van der Waals surface area contributed by atoms with Gasteiger partial charge in [-0.2, -0.15) is 0 Å². The van der Waals surface area contributed by atoms with Crippen LogP contribution in [0.4, 0.5) is 13.2 Å². The van der Waals surface area contributed by atoms with E-state index in [1.165, 1.54) is 12.1 Å². The molecule has 4 rings (SSSR count). The minimum atomic E-state index is -4.73. The molecule has 1 amide bonds. The minimum Gasteiger partial charge on any atom is -0.406 e. The Labute approximate surface area is 214 Å². The highest BCUT2D eigenvalue weighted by molar-refractivity contribution is 5.96. The fourth-order valence-electron chi connectivity index (χ4n) is 4.79. The number of aryl methyl sites for hydroxylation is 1. The maximum atomic E-state index is 12.6. The summed E-state index contributed by atoms with van der Waals surface area (Å²) in [5.74, 6) is -0.364. The van der Waals surface area contributed by atoms with E-state index < -0.39 is 11.9 Å². The standard InChI is InChI=1S/C27H34F3N5O2/c1-34(2)17-19-4-9-24-22(16-19)23(20-5-7-21(8-6-20)37-27(28,29)30)18-35(24)15-3-12-33-25(36)26(31)10-13-32-14-11-26/h4-9,16,18,32H,3,10-15,17,31H2,1-2H3,(H,33,36). The lowest BCUT2D eigenvalue weighted by molar-refractivity contribution is -0.274. The van der Waals surface area contributed by atoms with E-state index in [0.717, 1.165) is 47.2 Å². The molecule has 2 aromatic carbocycles. The van der Waals surface area contributed by atoms with Gasteiger partial charge in [0, 0.05) is 42.3 Å². The number of halogens is 3. The van der Waals surface area contributed by atoms with Crippen molar-refractivity contribution in [3.8, 4) is 16.9 Å². The van der Waals surface area contributed by atoms with Crippen molar-refractivity contribution in [1.82, 2.24) is 20.1 Å². The van der Waals surface area contributed by atoms with E-state index >= 15 is 0 Å². The van der Waals surface area contributed by atoms with E-state index in [4.69, 9.17) is 5.73 Å². The fourth-order valence-corrected chi connectivity index (χ4v) is 4.79. The van der Waals surface area contributed by atoms with Crippen LogP contribution in [0.15, 0.2) is 48.7 Å². The van der Waals surface area contributed by atoms with Crippen LogP contribution in [-0.2, 0) is 17.9 Å². The van der Waals surface area contributed by atoms with Crippen LogP contribution in [-0.4, -0.2) is 61.0 Å². The van der Waals surface area contributed by atoms with Gasteiger partial charge in [-0.25, -0.2) is 0 Å². The molecule has 0 spiro atoms. The van der Waals surface area contributed by atoms with Crippen LogP contribution in [0.2, 0.25) is 0 Å². The number of alkyl halides is 3. The predicted octanol–water partition coefficient (Wildman–Crippen LogP) is 3.86. The van der Waals surface area contributed by atoms with Crippen molar-refractivity contribution in [2.45, 2.75) is 44.3 Å². The fraction of sp³-hybridized carbons (Fsp3) is 0.444. The van der Waals surface area contributed by atoms with Crippen LogP contribution in [0.25, 0.3) is 22.0 Å². The third-order valence-corrected chi connectivity index (χ3v) is 6.65. The van der Waals surface area contributed by atoms with Gasteiger partial charge in [0.05, 0.1) is 5.54 Å². The second-order valence-corrected chi connectivity index (χ2v) is 9.91. The van der Waals surface area contributed by atoms with E-state index in [0.29, 0.717) is 32.4 Å². The SMILES string of the molecule is CN(C)Cc1ccc2c(c1)c(-c1ccc(OC(F)(F)F)cc1)cn2CCCNC(=O)C1(N)CCNCC1. The van der Waals surface area contributed by atoms with Gasteiger partial charge in [0.1, 0.15) is 5.75 Å². The van der Waals surface area contributed by atoms with E-state index in [1.54, 1.807) is 12.1 Å². The molecular formula is C27H34F3N5O2. The second-order valence-electron chi connectivity index (χ2n) is 9.91. The third-order valence-electron chi connectivity index (χ3n) is 6.65. The van der Waals surface area contributed by atoms with Crippen LogP contribution in [0.3, 0.4) is 0 Å². The highest BCUT2D eigenvalue weighted by Gasteiger charge is 2.35. The molecule has 0 radical (unpaired) electrons. The van der Waals surface area contributed by atoms with Crippen LogP contribution >= 0.6 is 0 Å². The lowest BCUT2D eigenvalue weighted by Crippen LogP contribution is -2.59. The Morgan fingerprint density at radius 2 is 1.86 bits per heavy atom. The summed E-state index contributed by atoms with van der Waals surface area (Å²) in [6.45, 7) is 3.41. The maximum absolute atomic E-state index is 12.6. The smallest absolute Gasteiger partial charge is 0.406 e. The average molecular weight is 518 g/mol. The first-order chi connectivity index (χ1) is 17.5. The Balaban J connectivity index is 1.52. The van der Waals surface area contributed by atoms with E-state index in [9.17, 15) is 18.0 Å². The van der Waals surface area contributed by atoms with Crippen LogP contribution in [0.5, 0.6) is 5.75 Å². The molecule has 10 heteroatoms. The van der Waals surface area contributed by atoms with Crippen molar-refractivity contribution < 1.29 is 22.7 Å². The summed E-state index contributed by atoms with van der Waals surface area (Å²) in [5, 5.41) is 7.23. The number of amides is 1. The predicted molar refractivity (Wildman–Crippen MR) is 138 cm³/mol. The summed E-state index contributed by atoms with van der Waals surface area (Å²) in [4.78, 5) is 14.7. The van der Waals surface area contributed by atoms with Crippen molar-refractivity contribution in [3.63, 3.8) is 0 Å². The van der Waals surface area contributed by atoms with E-state index in [2.05, 4.69) is 43.0 Å². The first kappa shape index (κ1) is 27.0. The zero-order valence-corrected chi connectivity index (χ0v) is 21.2. The van der Waals surface area contributed by atoms with Gasteiger partial charge in [-0.15, -0.1) is 13.2 Å². The largest absolute Gasteiger partial charge is 0.573 e. The lowest BCUT2D eigenvalue weighted by Gasteiger charge is -2.32. The summed E-state index contributed by atoms with van der Waals surface area (Å²) in [5.41, 5.74) is 9.36. The lowest BCUT2D eigenvalue weighted by atomic mass is 9.88. The molecule has 0 saturated carbocycles. The van der Waals surface area contributed by atoms with E-state index in [-0.39, 0.29) is 11.7 Å². The number of hydrogen-bond donors (Lipinski definition) is 3. The molecule has 37 heavy (non-hydrogen) atoms. The molecular weight excluding hydrogens is 483 g/mol. The molecule has 1 aliphatic rings. The molecule has 1 aromatic heterocycles. The topological polar surface area (TPSA) is 84.5 Å². The zero-order chi connectivity index (χ0) is 26.6. The Morgan fingerprint density at radius 1 is 1.16 bits per heavy atom. The Hall–Kier alpha value is -3.08. The normalized spacial score (nSPS) is 15.8. The van der Waals surface area contributed by atoms with Crippen LogP contribution < -0.4 is 21.1 Å². The molecule has 200 valence electrons. The van der Waals surface area contributed by atoms with Gasteiger partial charge >= 0.3 is 6.36 Å². The number of fused-ring (bicyclic) bond motifs is 1. The number of carbonyl (C=O) groups is 1. The van der Waals surface area contributed by atoms with Gasteiger partial charge < -0.3 is 30.6 Å². The van der Waals surface area contributed by atoms with Gasteiger partial charge in [-0.05, 0) is 81.8 Å². The van der Waals surface area contributed by atoms with Gasteiger partial charge in [0.15, 0.2) is 0 Å². The number of benzene rings is 2. The summed E-state index contributed by atoms with van der Waals surface area (Å²) in [7, 11) is 4.00. The third kappa shape index (κ3) is 6.82. The minimum absolute atomic E-state index is 0.110. The number of rotatable bonds is 9. The number of aromatic nitrogens is 1. The number of ether oxygens (including phenoxy) is 1. The van der Waals surface area contributed by atoms with Crippen LogP contribution in [0.1, 0.15) is 24.8 Å². The molecule has 4 N–H and O–H groups in total. The Morgan fingerprint density at radius 3 is 2.51 bits per heavy atom. The Bertz CT molecular complexity index is 1220. The summed E-state index contributed by atoms with van der Waals surface area (Å²) in [6, 6.07) is 12.2. The van der Waals surface area contributed by atoms with Gasteiger partial charge in [-0.1, -0.05) is 18.2 Å². The summed E-state index contributed by atoms with van der Waals surface area (Å²) >= 11 is 0. The van der Waals surface area contributed by atoms with Crippen molar-refractivity contribution in [2.75, 3.05) is 33.7 Å². The monoisotopic (exact) mass is 517 g/mol. The number of nitrogens with zero attached hydrogens (tertiary/aromatic N) is 2. The average Bonchev–Trinajstić information content (AvgIpc) is 3.19. The van der Waals surface area contributed by atoms with E-state index in [1.807, 2.05) is 20.3 Å². The number of hydrogen-bond acceptors (Lipinski definition) is 5. The highest BCUT2D eigenvalue weighted by Crippen LogP contribution is 2.33. The molecule has 7 nitrogen and oxygen atoms in total. The molecule has 1 fully saturated rings. The van der Waals surface area contributed by atoms with Gasteiger partial charge in [-0.3, -0.25) is 4.79 Å². The van der Waals surface area contributed by atoms with Crippen molar-refractivity contribution in [2.24, 2.45) is 5.73 Å². The molecule has 2 heterocycles. The second kappa shape index (κ2) is 11.1. The molecule has 1 saturated heterocycles. The van der Waals surface area contributed by atoms with Gasteiger partial charge in [0.2, 0.25) is 5.91 Å². The Kier molecular flexibility index (Phi) is 8.11. The number of piperidine rings is 1. The summed E-state index contributed by atoms with van der Waals surface area (Å²) < 4.78 is 43.9. The molecule has 0 unspecified atom stereocenters. The molecule has 0 atom stereocenters. The molecule has 0 aliphatic carbocycles. The van der Waals surface area contributed by atoms with Crippen molar-refractivity contribution in [1.29, 1.82) is 0 Å². The number of carbonyl (C=O) groups excluding carboxylic acids is 1. The zero-order valence-electron chi connectivity index (χ0n) is 21.2. The van der Waals surface area contributed by atoms with Crippen LogP contribution in [0, 0.1) is 0 Å². The first-order valence-electron chi connectivity index (χ1n) is 12.4. The summed E-state index contributed by atoms with van der Waals surface area (Å²) in [6.07, 6.45) is -0.769. The van der Waals surface area contributed by atoms with Crippen molar-refractivity contribution in [3.05, 3.63) is 54.2 Å². The maximum Gasteiger partial charge on any atom is 0.573 e. The number of nitrogens with two attached hydrogens (primary N) is 1. The van der Waals surface area contributed by atoms with Crippen molar-refractivity contribution >= 4 is 16.8 Å².